The summed E-state index contributed by atoms with van der Waals surface area (Å²) in [6.07, 6.45) is -3.91. The molecule has 0 bridgehead atoms. The standard InChI is InChI=1S/C26H26F3NO2.ClH/c27-26(28,29)32-22-13-7-8-19(16-22)18-31-24-14-15-30-17-23(24)25(20-9-3-1-4-10-20)21-11-5-2-6-12-21;/h1-13,16,23-25,30H,14-15,17-18H2;1H/t23-,24+;/m0./s1. The van der Waals surface area contributed by atoms with Gasteiger partial charge in [-0.1, -0.05) is 72.8 Å². The Morgan fingerprint density at radius 3 is 2.12 bits per heavy atom. The van der Waals surface area contributed by atoms with E-state index in [4.69, 9.17) is 4.74 Å². The lowest BCUT2D eigenvalue weighted by molar-refractivity contribution is -0.274. The molecule has 0 amide bonds. The van der Waals surface area contributed by atoms with E-state index < -0.39 is 6.36 Å². The zero-order valence-electron chi connectivity index (χ0n) is 18.0. The van der Waals surface area contributed by atoms with Crippen LogP contribution >= 0.6 is 12.4 Å². The molecule has 3 nitrogen and oxygen atoms in total. The van der Waals surface area contributed by atoms with E-state index in [1.165, 1.54) is 23.3 Å². The molecule has 0 saturated carbocycles. The van der Waals surface area contributed by atoms with Crippen LogP contribution < -0.4 is 10.1 Å². The fourth-order valence-corrected chi connectivity index (χ4v) is 4.44. The van der Waals surface area contributed by atoms with Gasteiger partial charge in [0.1, 0.15) is 5.75 Å². The minimum atomic E-state index is -4.71. The Morgan fingerprint density at radius 2 is 1.52 bits per heavy atom. The number of piperidine rings is 1. The Bertz CT molecular complexity index is 946. The number of hydrogen-bond acceptors (Lipinski definition) is 3. The Hall–Kier alpha value is -2.54. The van der Waals surface area contributed by atoms with Crippen LogP contribution in [0, 0.1) is 5.92 Å². The van der Waals surface area contributed by atoms with Crippen molar-refractivity contribution in [2.24, 2.45) is 5.92 Å². The number of benzene rings is 3. The summed E-state index contributed by atoms with van der Waals surface area (Å²) in [6, 6.07) is 26.7. The summed E-state index contributed by atoms with van der Waals surface area (Å²) in [5.41, 5.74) is 3.10. The summed E-state index contributed by atoms with van der Waals surface area (Å²) in [5, 5.41) is 3.49. The van der Waals surface area contributed by atoms with Gasteiger partial charge in [-0.25, -0.2) is 0 Å². The van der Waals surface area contributed by atoms with Gasteiger partial charge >= 0.3 is 6.36 Å². The number of ether oxygens (including phenoxy) is 2. The molecule has 1 aliphatic rings. The highest BCUT2D eigenvalue weighted by atomic mass is 35.5. The molecule has 0 aliphatic carbocycles. The third-order valence-corrected chi connectivity index (χ3v) is 5.80. The monoisotopic (exact) mass is 477 g/mol. The van der Waals surface area contributed by atoms with Gasteiger partial charge in [-0.15, -0.1) is 25.6 Å². The van der Waals surface area contributed by atoms with Gasteiger partial charge in [0.05, 0.1) is 12.7 Å². The van der Waals surface area contributed by atoms with Gasteiger partial charge in [-0.2, -0.15) is 0 Å². The molecular formula is C26H27ClF3NO2. The first kappa shape index (κ1) is 25.1. The highest BCUT2D eigenvalue weighted by molar-refractivity contribution is 5.85. The summed E-state index contributed by atoms with van der Waals surface area (Å²) in [7, 11) is 0. The lowest BCUT2D eigenvalue weighted by atomic mass is 9.76. The van der Waals surface area contributed by atoms with E-state index in [1.54, 1.807) is 12.1 Å². The van der Waals surface area contributed by atoms with Crippen molar-refractivity contribution in [3.05, 3.63) is 102 Å². The lowest BCUT2D eigenvalue weighted by Crippen LogP contribution is -2.44. The van der Waals surface area contributed by atoms with Crippen LogP contribution in [0.5, 0.6) is 5.75 Å². The van der Waals surface area contributed by atoms with Gasteiger partial charge in [0.15, 0.2) is 0 Å². The van der Waals surface area contributed by atoms with E-state index in [0.717, 1.165) is 19.5 Å². The minimum absolute atomic E-state index is 0. The van der Waals surface area contributed by atoms with E-state index in [-0.39, 0.29) is 42.7 Å². The maximum Gasteiger partial charge on any atom is 0.573 e. The number of halogens is 4. The molecule has 3 aromatic carbocycles. The molecule has 4 rings (SSSR count). The Labute approximate surface area is 198 Å². The van der Waals surface area contributed by atoms with E-state index in [0.29, 0.717) is 5.56 Å². The fraction of sp³-hybridized carbons (Fsp3) is 0.308. The second-order valence-corrected chi connectivity index (χ2v) is 8.00. The maximum atomic E-state index is 12.6. The van der Waals surface area contributed by atoms with E-state index in [2.05, 4.69) is 34.3 Å². The topological polar surface area (TPSA) is 30.5 Å². The average Bonchev–Trinajstić information content (AvgIpc) is 2.79. The van der Waals surface area contributed by atoms with Crippen LogP contribution in [-0.2, 0) is 11.3 Å². The molecule has 1 aliphatic heterocycles. The highest BCUT2D eigenvalue weighted by Crippen LogP contribution is 2.37. The second-order valence-electron chi connectivity index (χ2n) is 8.00. The summed E-state index contributed by atoms with van der Waals surface area (Å²) in [4.78, 5) is 0. The van der Waals surface area contributed by atoms with Gasteiger partial charge < -0.3 is 14.8 Å². The molecule has 33 heavy (non-hydrogen) atoms. The summed E-state index contributed by atoms with van der Waals surface area (Å²) in [5.74, 6) is 0.102. The predicted octanol–water partition coefficient (Wildman–Crippen LogP) is 6.33. The molecule has 0 aromatic heterocycles. The molecule has 1 heterocycles. The fourth-order valence-electron chi connectivity index (χ4n) is 4.44. The molecule has 0 spiro atoms. The Balaban J connectivity index is 0.00000306. The number of rotatable bonds is 7. The smallest absolute Gasteiger partial charge is 0.406 e. The molecule has 2 atom stereocenters. The number of hydrogen-bond donors (Lipinski definition) is 1. The first-order chi connectivity index (χ1) is 15.5. The van der Waals surface area contributed by atoms with Gasteiger partial charge in [0.2, 0.25) is 0 Å². The number of nitrogens with one attached hydrogen (secondary N) is 1. The first-order valence-corrected chi connectivity index (χ1v) is 10.8. The van der Waals surface area contributed by atoms with Crippen LogP contribution in [0.3, 0.4) is 0 Å². The summed E-state index contributed by atoms with van der Waals surface area (Å²) in [6.45, 7) is 1.87. The summed E-state index contributed by atoms with van der Waals surface area (Å²) >= 11 is 0. The second kappa shape index (κ2) is 11.5. The molecule has 1 N–H and O–H groups in total. The van der Waals surface area contributed by atoms with Gasteiger partial charge in [-0.05, 0) is 41.8 Å². The average molecular weight is 478 g/mol. The van der Waals surface area contributed by atoms with Crippen molar-refractivity contribution in [2.75, 3.05) is 13.1 Å². The third kappa shape index (κ3) is 6.97. The molecule has 1 saturated heterocycles. The van der Waals surface area contributed by atoms with E-state index in [9.17, 15) is 13.2 Å². The highest BCUT2D eigenvalue weighted by Gasteiger charge is 2.34. The van der Waals surface area contributed by atoms with Crippen molar-refractivity contribution in [1.82, 2.24) is 5.32 Å². The van der Waals surface area contributed by atoms with Gasteiger partial charge in [0.25, 0.3) is 0 Å². The zero-order valence-corrected chi connectivity index (χ0v) is 18.8. The van der Waals surface area contributed by atoms with E-state index in [1.807, 2.05) is 36.4 Å². The van der Waals surface area contributed by atoms with Gasteiger partial charge in [0, 0.05) is 18.4 Å². The third-order valence-electron chi connectivity index (χ3n) is 5.80. The maximum absolute atomic E-state index is 12.6. The molecule has 3 aromatic rings. The van der Waals surface area contributed by atoms with Gasteiger partial charge in [-0.3, -0.25) is 0 Å². The minimum Gasteiger partial charge on any atom is -0.406 e. The quantitative estimate of drug-likeness (QED) is 0.431. The van der Waals surface area contributed by atoms with Crippen LogP contribution in [0.25, 0.3) is 0 Å². The van der Waals surface area contributed by atoms with E-state index >= 15 is 0 Å². The van der Waals surface area contributed by atoms with Crippen LogP contribution in [0.1, 0.15) is 29.0 Å². The van der Waals surface area contributed by atoms with Crippen LogP contribution in [0.15, 0.2) is 84.9 Å². The van der Waals surface area contributed by atoms with Crippen LogP contribution in [0.2, 0.25) is 0 Å². The SMILES string of the molecule is Cl.FC(F)(F)Oc1cccc(CO[C@@H]2CCNC[C@@H]2C(c2ccccc2)c2ccccc2)c1. The first-order valence-electron chi connectivity index (χ1n) is 10.8. The van der Waals surface area contributed by atoms with Crippen LogP contribution in [-0.4, -0.2) is 25.6 Å². The van der Waals surface area contributed by atoms with Crippen molar-refractivity contribution < 1.29 is 22.6 Å². The molecule has 0 unspecified atom stereocenters. The Morgan fingerprint density at radius 1 is 0.879 bits per heavy atom. The normalized spacial score (nSPS) is 18.5. The van der Waals surface area contributed by atoms with Crippen molar-refractivity contribution in [2.45, 2.75) is 31.4 Å². The van der Waals surface area contributed by atoms with Crippen LogP contribution in [0.4, 0.5) is 13.2 Å². The molecular weight excluding hydrogens is 451 g/mol. The molecule has 176 valence electrons. The summed E-state index contributed by atoms with van der Waals surface area (Å²) < 4.78 is 48.0. The molecule has 7 heteroatoms. The predicted molar refractivity (Wildman–Crippen MR) is 125 cm³/mol. The lowest BCUT2D eigenvalue weighted by Gasteiger charge is -2.38. The molecule has 1 fully saturated rings. The van der Waals surface area contributed by atoms with Crippen molar-refractivity contribution >= 4 is 12.4 Å². The van der Waals surface area contributed by atoms with Crippen molar-refractivity contribution in [3.8, 4) is 5.75 Å². The largest absolute Gasteiger partial charge is 0.573 e. The van der Waals surface area contributed by atoms with Crippen molar-refractivity contribution in [3.63, 3.8) is 0 Å². The zero-order chi connectivity index (χ0) is 22.4. The number of alkyl halides is 3. The van der Waals surface area contributed by atoms with Crippen molar-refractivity contribution in [1.29, 1.82) is 0 Å². The Kier molecular flexibility index (Phi) is 8.78. The molecule has 0 radical (unpaired) electrons.